The smallest absolute Gasteiger partial charge is 0.241 e. The zero-order valence-electron chi connectivity index (χ0n) is 10.7. The number of benzene rings is 1. The molecule has 0 bridgehead atoms. The van der Waals surface area contributed by atoms with Gasteiger partial charge in [-0.1, -0.05) is 18.2 Å². The summed E-state index contributed by atoms with van der Waals surface area (Å²) in [6.45, 7) is 0.0713. The highest BCUT2D eigenvalue weighted by Crippen LogP contribution is 2.17. The Balaban J connectivity index is 2.16. The van der Waals surface area contributed by atoms with E-state index in [1.807, 2.05) is 30.3 Å². The summed E-state index contributed by atoms with van der Waals surface area (Å²) in [5.41, 5.74) is 0. The number of hydrogen-bond donors (Lipinski definition) is 1. The first-order valence-corrected chi connectivity index (χ1v) is 6.73. The predicted molar refractivity (Wildman–Crippen MR) is 73.5 cm³/mol. The number of hydrogen-bond acceptors (Lipinski definition) is 3. The average molecular weight is 266 g/mol. The van der Waals surface area contributed by atoms with E-state index in [2.05, 4.69) is 5.32 Å². The third-order valence-electron chi connectivity index (χ3n) is 2.28. The number of nitrogens with zero attached hydrogens (tertiary/aromatic N) is 1. The van der Waals surface area contributed by atoms with Gasteiger partial charge in [0.15, 0.2) is 0 Å². The molecule has 4 nitrogen and oxygen atoms in total. The zero-order chi connectivity index (χ0) is 13.4. The Morgan fingerprint density at radius 3 is 2.50 bits per heavy atom. The van der Waals surface area contributed by atoms with Crippen molar-refractivity contribution >= 4 is 23.6 Å². The fraction of sp³-hybridized carbons (Fsp3) is 0.385. The van der Waals surface area contributed by atoms with Crippen LogP contribution in [-0.2, 0) is 9.59 Å². The molecule has 0 atom stereocenters. The van der Waals surface area contributed by atoms with Crippen LogP contribution in [0.1, 0.15) is 6.42 Å². The van der Waals surface area contributed by atoms with E-state index in [0.29, 0.717) is 12.2 Å². The number of likely N-dealkylation sites (N-methyl/N-ethyl adjacent to an activating group) is 1. The molecule has 2 amide bonds. The van der Waals surface area contributed by atoms with Crippen LogP contribution in [0.2, 0.25) is 0 Å². The van der Waals surface area contributed by atoms with Gasteiger partial charge in [0, 0.05) is 31.2 Å². The topological polar surface area (TPSA) is 49.4 Å². The van der Waals surface area contributed by atoms with E-state index < -0.39 is 0 Å². The summed E-state index contributed by atoms with van der Waals surface area (Å²) in [6.07, 6.45) is 0.417. The predicted octanol–water partition coefficient (Wildman–Crippen LogP) is 1.37. The molecule has 0 aliphatic carbocycles. The highest BCUT2D eigenvalue weighted by Gasteiger charge is 2.06. The zero-order valence-corrected chi connectivity index (χ0v) is 11.5. The maximum atomic E-state index is 11.5. The Morgan fingerprint density at radius 2 is 1.89 bits per heavy atom. The summed E-state index contributed by atoms with van der Waals surface area (Å²) in [5, 5.41) is 2.61. The maximum Gasteiger partial charge on any atom is 0.241 e. The molecule has 1 rings (SSSR count). The molecule has 0 heterocycles. The van der Waals surface area contributed by atoms with Crippen molar-refractivity contribution < 1.29 is 9.59 Å². The molecule has 1 N–H and O–H groups in total. The van der Waals surface area contributed by atoms with Crippen molar-refractivity contribution in [1.29, 1.82) is 0 Å². The van der Waals surface area contributed by atoms with Crippen LogP contribution in [0.25, 0.3) is 0 Å². The summed E-state index contributed by atoms with van der Waals surface area (Å²) in [6, 6.07) is 9.93. The summed E-state index contributed by atoms with van der Waals surface area (Å²) in [7, 11) is 3.33. The fourth-order valence-electron chi connectivity index (χ4n) is 1.20. The van der Waals surface area contributed by atoms with Crippen LogP contribution in [0.5, 0.6) is 0 Å². The monoisotopic (exact) mass is 266 g/mol. The van der Waals surface area contributed by atoms with Gasteiger partial charge in [0.05, 0.1) is 6.54 Å². The average Bonchev–Trinajstić information content (AvgIpc) is 2.37. The van der Waals surface area contributed by atoms with Gasteiger partial charge in [0.2, 0.25) is 11.8 Å². The first-order valence-electron chi connectivity index (χ1n) is 5.74. The van der Waals surface area contributed by atoms with Crippen LogP contribution in [-0.4, -0.2) is 43.1 Å². The number of nitrogens with one attached hydrogen (secondary N) is 1. The molecule has 98 valence electrons. The standard InChI is InChI=1S/C13H18N2O2S/c1-15(2)13(17)10-14-12(16)8-9-18-11-6-4-3-5-7-11/h3-7H,8-10H2,1-2H3,(H,14,16). The molecule has 0 spiro atoms. The molecule has 18 heavy (non-hydrogen) atoms. The van der Waals surface area contributed by atoms with Gasteiger partial charge in [-0.3, -0.25) is 9.59 Å². The lowest BCUT2D eigenvalue weighted by Crippen LogP contribution is -2.36. The van der Waals surface area contributed by atoms with Crippen molar-refractivity contribution in [1.82, 2.24) is 10.2 Å². The lowest BCUT2D eigenvalue weighted by atomic mass is 10.4. The Kier molecular flexibility index (Phi) is 6.28. The molecule has 0 aromatic heterocycles. The van der Waals surface area contributed by atoms with Crippen LogP contribution in [0.3, 0.4) is 0 Å². The Bertz CT molecular complexity index is 393. The van der Waals surface area contributed by atoms with E-state index in [0.717, 1.165) is 4.90 Å². The van der Waals surface area contributed by atoms with Crippen molar-refractivity contribution in [3.05, 3.63) is 30.3 Å². The molecular formula is C13H18N2O2S. The van der Waals surface area contributed by atoms with E-state index in [9.17, 15) is 9.59 Å². The molecule has 0 aliphatic rings. The van der Waals surface area contributed by atoms with Crippen molar-refractivity contribution in [3.8, 4) is 0 Å². The van der Waals surface area contributed by atoms with Crippen molar-refractivity contribution in [2.75, 3.05) is 26.4 Å². The molecule has 0 saturated carbocycles. The third-order valence-corrected chi connectivity index (χ3v) is 3.29. The van der Waals surface area contributed by atoms with Crippen LogP contribution in [0, 0.1) is 0 Å². The molecule has 5 heteroatoms. The molecule has 1 aromatic carbocycles. The van der Waals surface area contributed by atoms with E-state index >= 15 is 0 Å². The lowest BCUT2D eigenvalue weighted by molar-refractivity contribution is -0.130. The largest absolute Gasteiger partial charge is 0.347 e. The number of carbonyl (C=O) groups excluding carboxylic acids is 2. The van der Waals surface area contributed by atoms with Crippen LogP contribution in [0.15, 0.2) is 35.2 Å². The molecule has 0 radical (unpaired) electrons. The minimum absolute atomic E-state index is 0.0713. The number of thioether (sulfide) groups is 1. The first-order chi connectivity index (χ1) is 8.59. The Hall–Kier alpha value is -1.49. The quantitative estimate of drug-likeness (QED) is 0.791. The Labute approximate surface area is 112 Å². The van der Waals surface area contributed by atoms with Gasteiger partial charge in [-0.2, -0.15) is 0 Å². The summed E-state index contributed by atoms with van der Waals surface area (Å²) in [4.78, 5) is 25.3. The normalized spacial score (nSPS) is 9.89. The number of carbonyl (C=O) groups is 2. The lowest BCUT2D eigenvalue weighted by Gasteiger charge is -2.10. The van der Waals surface area contributed by atoms with Gasteiger partial charge in [-0.15, -0.1) is 11.8 Å². The first kappa shape index (κ1) is 14.6. The fourth-order valence-corrected chi connectivity index (χ4v) is 2.07. The molecule has 0 unspecified atom stereocenters. The van der Waals surface area contributed by atoms with E-state index in [4.69, 9.17) is 0 Å². The maximum absolute atomic E-state index is 11.5. The van der Waals surface area contributed by atoms with Crippen molar-refractivity contribution in [3.63, 3.8) is 0 Å². The van der Waals surface area contributed by atoms with Crippen LogP contribution < -0.4 is 5.32 Å². The summed E-state index contributed by atoms with van der Waals surface area (Å²) in [5.74, 6) is 0.527. The summed E-state index contributed by atoms with van der Waals surface area (Å²) >= 11 is 1.63. The highest BCUT2D eigenvalue weighted by molar-refractivity contribution is 7.99. The van der Waals surface area contributed by atoms with Gasteiger partial charge < -0.3 is 10.2 Å². The van der Waals surface area contributed by atoms with Gasteiger partial charge in [0.1, 0.15) is 0 Å². The van der Waals surface area contributed by atoms with E-state index in [-0.39, 0.29) is 18.4 Å². The third kappa shape index (κ3) is 5.72. The molecule has 1 aromatic rings. The molecule has 0 aliphatic heterocycles. The Morgan fingerprint density at radius 1 is 1.22 bits per heavy atom. The minimum Gasteiger partial charge on any atom is -0.347 e. The second-order valence-corrected chi connectivity index (χ2v) is 5.14. The van der Waals surface area contributed by atoms with Gasteiger partial charge >= 0.3 is 0 Å². The van der Waals surface area contributed by atoms with Crippen molar-refractivity contribution in [2.24, 2.45) is 0 Å². The van der Waals surface area contributed by atoms with E-state index in [1.54, 1.807) is 25.9 Å². The molecule has 0 fully saturated rings. The number of amides is 2. The highest BCUT2D eigenvalue weighted by atomic mass is 32.2. The number of rotatable bonds is 6. The van der Waals surface area contributed by atoms with Crippen LogP contribution >= 0.6 is 11.8 Å². The molecular weight excluding hydrogens is 248 g/mol. The van der Waals surface area contributed by atoms with Gasteiger partial charge in [0.25, 0.3) is 0 Å². The van der Waals surface area contributed by atoms with Crippen molar-refractivity contribution in [2.45, 2.75) is 11.3 Å². The molecule has 0 saturated heterocycles. The van der Waals surface area contributed by atoms with Gasteiger partial charge in [-0.25, -0.2) is 0 Å². The van der Waals surface area contributed by atoms with E-state index in [1.165, 1.54) is 4.90 Å². The SMILES string of the molecule is CN(C)C(=O)CNC(=O)CCSc1ccccc1. The van der Waals surface area contributed by atoms with Gasteiger partial charge in [-0.05, 0) is 12.1 Å². The van der Waals surface area contributed by atoms with Crippen LogP contribution in [0.4, 0.5) is 0 Å². The second kappa shape index (κ2) is 7.76. The minimum atomic E-state index is -0.0981. The summed E-state index contributed by atoms with van der Waals surface area (Å²) < 4.78 is 0. The second-order valence-electron chi connectivity index (χ2n) is 3.98.